The van der Waals surface area contributed by atoms with Crippen LogP contribution in [0.5, 0.6) is 5.88 Å². The molecule has 0 aliphatic carbocycles. The number of hydrogen-bond acceptors (Lipinski definition) is 5. The van der Waals surface area contributed by atoms with Crippen molar-refractivity contribution in [1.29, 1.82) is 0 Å². The summed E-state index contributed by atoms with van der Waals surface area (Å²) in [6, 6.07) is 1.89. The quantitative estimate of drug-likeness (QED) is 0.859. The molecule has 0 bridgehead atoms. The number of anilines is 1. The molecule has 1 fully saturated rings. The van der Waals surface area contributed by atoms with E-state index in [9.17, 15) is 9.59 Å². The first-order chi connectivity index (χ1) is 10.8. The molecule has 2 aliphatic rings. The Labute approximate surface area is 135 Å². The summed E-state index contributed by atoms with van der Waals surface area (Å²) in [5, 5.41) is 2.66. The number of pyridine rings is 1. The Hall–Kier alpha value is -2.31. The van der Waals surface area contributed by atoms with Crippen molar-refractivity contribution < 1.29 is 19.1 Å². The van der Waals surface area contributed by atoms with Crippen molar-refractivity contribution in [3.05, 3.63) is 17.8 Å². The van der Waals surface area contributed by atoms with Gasteiger partial charge in [0.1, 0.15) is 12.2 Å². The topological polar surface area (TPSA) is 80.8 Å². The lowest BCUT2D eigenvalue weighted by Crippen LogP contribution is -2.34. The number of hydrogen-bond donors (Lipinski definition) is 1. The van der Waals surface area contributed by atoms with Crippen LogP contribution in [0.4, 0.5) is 10.5 Å². The number of ether oxygens (including phenoxy) is 2. The zero-order chi connectivity index (χ0) is 16.6. The first-order valence-electron chi connectivity index (χ1n) is 7.73. The highest BCUT2D eigenvalue weighted by Crippen LogP contribution is 2.30. The number of rotatable bonds is 1. The van der Waals surface area contributed by atoms with E-state index in [-0.39, 0.29) is 11.9 Å². The molecule has 2 amide bonds. The summed E-state index contributed by atoms with van der Waals surface area (Å²) in [6.45, 7) is 6.32. The van der Waals surface area contributed by atoms with Gasteiger partial charge in [-0.1, -0.05) is 0 Å². The summed E-state index contributed by atoms with van der Waals surface area (Å²) >= 11 is 0. The monoisotopic (exact) mass is 319 g/mol. The minimum absolute atomic E-state index is 0.110. The molecule has 0 aromatic carbocycles. The smallest absolute Gasteiger partial charge is 0.412 e. The van der Waals surface area contributed by atoms with Gasteiger partial charge in [0, 0.05) is 12.0 Å². The minimum atomic E-state index is -0.568. The van der Waals surface area contributed by atoms with Crippen LogP contribution in [0.15, 0.2) is 12.3 Å². The lowest BCUT2D eigenvalue weighted by Gasteiger charge is -2.21. The Kier molecular flexibility index (Phi) is 3.87. The molecular formula is C16H21N3O4. The number of aromatic nitrogens is 1. The van der Waals surface area contributed by atoms with Crippen molar-refractivity contribution in [2.45, 2.75) is 51.8 Å². The highest BCUT2D eigenvalue weighted by molar-refractivity contribution is 5.85. The Morgan fingerprint density at radius 2 is 2.26 bits per heavy atom. The van der Waals surface area contributed by atoms with Gasteiger partial charge in [0.15, 0.2) is 0 Å². The number of carbonyl (C=O) groups is 2. The molecule has 3 heterocycles. The zero-order valence-electron chi connectivity index (χ0n) is 13.6. The van der Waals surface area contributed by atoms with E-state index in [1.54, 1.807) is 26.8 Å². The van der Waals surface area contributed by atoms with E-state index in [0.29, 0.717) is 31.1 Å². The van der Waals surface area contributed by atoms with E-state index in [0.717, 1.165) is 12.0 Å². The van der Waals surface area contributed by atoms with E-state index in [2.05, 4.69) is 10.3 Å². The van der Waals surface area contributed by atoms with Crippen molar-refractivity contribution in [1.82, 2.24) is 9.88 Å². The van der Waals surface area contributed by atoms with E-state index < -0.39 is 11.7 Å². The zero-order valence-corrected chi connectivity index (χ0v) is 13.6. The van der Waals surface area contributed by atoms with E-state index in [1.165, 1.54) is 6.20 Å². The van der Waals surface area contributed by atoms with E-state index in [4.69, 9.17) is 9.47 Å². The van der Waals surface area contributed by atoms with Crippen LogP contribution in [0, 0.1) is 0 Å². The van der Waals surface area contributed by atoms with Crippen molar-refractivity contribution in [2.24, 2.45) is 0 Å². The number of nitrogens with one attached hydrogen (secondary N) is 1. The molecule has 1 aromatic rings. The molecule has 0 radical (unpaired) electrons. The van der Waals surface area contributed by atoms with Crippen LogP contribution in [0.3, 0.4) is 0 Å². The molecule has 1 atom stereocenters. The van der Waals surface area contributed by atoms with Crippen LogP contribution in [0.1, 0.15) is 39.2 Å². The molecule has 0 spiro atoms. The second-order valence-corrected chi connectivity index (χ2v) is 6.84. The van der Waals surface area contributed by atoms with Gasteiger partial charge < -0.3 is 14.4 Å². The fraction of sp³-hybridized carbons (Fsp3) is 0.562. The highest BCUT2D eigenvalue weighted by Gasteiger charge is 2.34. The van der Waals surface area contributed by atoms with Crippen LogP contribution in [-0.2, 0) is 16.1 Å². The SMILES string of the molecule is CC(C)(C)OC(=O)Nc1cnc2c(c1)CN1C(=O)CC[C@H]1CO2. The van der Waals surface area contributed by atoms with Gasteiger partial charge in [-0.2, -0.15) is 0 Å². The van der Waals surface area contributed by atoms with E-state index >= 15 is 0 Å². The molecule has 7 heteroatoms. The largest absolute Gasteiger partial charge is 0.475 e. The fourth-order valence-electron chi connectivity index (χ4n) is 2.77. The summed E-state index contributed by atoms with van der Waals surface area (Å²) in [4.78, 5) is 29.9. The first kappa shape index (κ1) is 15.6. The molecule has 0 unspecified atom stereocenters. The maximum absolute atomic E-state index is 12.0. The minimum Gasteiger partial charge on any atom is -0.475 e. The molecule has 1 saturated heterocycles. The van der Waals surface area contributed by atoms with Crippen LogP contribution in [0.25, 0.3) is 0 Å². The molecule has 3 rings (SSSR count). The normalized spacial score (nSPS) is 20.2. The van der Waals surface area contributed by atoms with Crippen molar-refractivity contribution >= 4 is 17.7 Å². The second kappa shape index (κ2) is 5.72. The maximum Gasteiger partial charge on any atom is 0.412 e. The fourth-order valence-corrected chi connectivity index (χ4v) is 2.77. The van der Waals surface area contributed by atoms with Gasteiger partial charge in [0.25, 0.3) is 0 Å². The predicted molar refractivity (Wildman–Crippen MR) is 83.2 cm³/mol. The summed E-state index contributed by atoms with van der Waals surface area (Å²) < 4.78 is 10.9. The highest BCUT2D eigenvalue weighted by atomic mass is 16.6. The lowest BCUT2D eigenvalue weighted by atomic mass is 10.2. The standard InChI is InChI=1S/C16H21N3O4/c1-16(2,3)23-15(21)18-11-6-10-8-19-12(4-5-13(19)20)9-22-14(10)17-7-11/h6-7,12H,4-5,8-9H2,1-3H3,(H,18,21)/t12-/m0/s1. The maximum atomic E-state index is 12.0. The van der Waals surface area contributed by atoms with Gasteiger partial charge in [-0.3, -0.25) is 10.1 Å². The molecule has 0 saturated carbocycles. The van der Waals surface area contributed by atoms with Crippen LogP contribution in [-0.4, -0.2) is 40.1 Å². The van der Waals surface area contributed by atoms with Crippen LogP contribution < -0.4 is 10.1 Å². The molecule has 1 aromatic heterocycles. The van der Waals surface area contributed by atoms with Gasteiger partial charge >= 0.3 is 6.09 Å². The van der Waals surface area contributed by atoms with Crippen LogP contribution >= 0.6 is 0 Å². The first-order valence-corrected chi connectivity index (χ1v) is 7.73. The van der Waals surface area contributed by atoms with Crippen molar-refractivity contribution in [3.63, 3.8) is 0 Å². The second-order valence-electron chi connectivity index (χ2n) is 6.84. The molecule has 1 N–H and O–H groups in total. The molecule has 7 nitrogen and oxygen atoms in total. The third kappa shape index (κ3) is 3.55. The van der Waals surface area contributed by atoms with Gasteiger partial charge in [0.05, 0.1) is 24.5 Å². The number of fused-ring (bicyclic) bond motifs is 2. The van der Waals surface area contributed by atoms with Crippen LogP contribution in [0.2, 0.25) is 0 Å². The molecular weight excluding hydrogens is 298 g/mol. The number of carbonyl (C=O) groups excluding carboxylic acids is 2. The van der Waals surface area contributed by atoms with Gasteiger partial charge in [-0.25, -0.2) is 9.78 Å². The Morgan fingerprint density at radius 1 is 1.48 bits per heavy atom. The van der Waals surface area contributed by atoms with Gasteiger partial charge in [0.2, 0.25) is 11.8 Å². The predicted octanol–water partition coefficient (Wildman–Crippen LogP) is 2.31. The molecule has 124 valence electrons. The Morgan fingerprint density at radius 3 is 3.00 bits per heavy atom. The van der Waals surface area contributed by atoms with Crippen molar-refractivity contribution in [3.8, 4) is 5.88 Å². The van der Waals surface area contributed by atoms with Crippen molar-refractivity contribution in [2.75, 3.05) is 11.9 Å². The summed E-state index contributed by atoms with van der Waals surface area (Å²) in [6.07, 6.45) is 2.37. The third-order valence-electron chi connectivity index (χ3n) is 3.78. The van der Waals surface area contributed by atoms with Gasteiger partial charge in [-0.05, 0) is 33.3 Å². The molecule has 2 aliphatic heterocycles. The average Bonchev–Trinajstić information content (AvgIpc) is 2.67. The number of nitrogens with zero attached hydrogens (tertiary/aromatic N) is 2. The number of amides is 2. The summed E-state index contributed by atoms with van der Waals surface area (Å²) in [7, 11) is 0. The summed E-state index contributed by atoms with van der Waals surface area (Å²) in [5.41, 5.74) is 0.740. The Balaban J connectivity index is 1.75. The Bertz CT molecular complexity index is 639. The summed E-state index contributed by atoms with van der Waals surface area (Å²) in [5.74, 6) is 0.652. The van der Waals surface area contributed by atoms with E-state index in [1.807, 2.05) is 4.90 Å². The molecule has 23 heavy (non-hydrogen) atoms. The third-order valence-corrected chi connectivity index (χ3v) is 3.78. The lowest BCUT2D eigenvalue weighted by molar-refractivity contribution is -0.129. The van der Waals surface area contributed by atoms with Gasteiger partial charge in [-0.15, -0.1) is 0 Å². The average molecular weight is 319 g/mol.